The molecule has 3 rings (SSSR count). The Labute approximate surface area is 133 Å². The lowest BCUT2D eigenvalue weighted by Crippen LogP contribution is -2.14. The highest BCUT2D eigenvalue weighted by Gasteiger charge is 2.05. The van der Waals surface area contributed by atoms with E-state index < -0.39 is 0 Å². The van der Waals surface area contributed by atoms with Crippen molar-refractivity contribution in [2.24, 2.45) is 0 Å². The molecule has 0 aliphatic carbocycles. The van der Waals surface area contributed by atoms with E-state index in [9.17, 15) is 4.79 Å². The van der Waals surface area contributed by atoms with E-state index in [0.29, 0.717) is 11.6 Å². The molecule has 0 saturated carbocycles. The molecule has 0 unspecified atom stereocenters. The average Bonchev–Trinajstić information content (AvgIpc) is 2.55. The van der Waals surface area contributed by atoms with Crippen molar-refractivity contribution < 1.29 is 4.79 Å². The van der Waals surface area contributed by atoms with Gasteiger partial charge in [0.05, 0.1) is 5.75 Å². The van der Waals surface area contributed by atoms with Gasteiger partial charge in [0.1, 0.15) is 5.82 Å². The van der Waals surface area contributed by atoms with Crippen LogP contribution in [0.3, 0.4) is 0 Å². The summed E-state index contributed by atoms with van der Waals surface area (Å²) in [6.45, 7) is 1.97. The van der Waals surface area contributed by atoms with Crippen LogP contribution >= 0.6 is 11.8 Å². The maximum absolute atomic E-state index is 12.0. The molecule has 2 aromatic carbocycles. The smallest absolute Gasteiger partial charge is 0.235 e. The third kappa shape index (κ3) is 3.65. The number of nitrogens with one attached hydrogen (secondary N) is 1. The van der Waals surface area contributed by atoms with Crippen molar-refractivity contribution in [3.05, 3.63) is 66.4 Å². The summed E-state index contributed by atoms with van der Waals surface area (Å²) < 4.78 is 0. The van der Waals surface area contributed by atoms with Gasteiger partial charge in [0.15, 0.2) is 0 Å². The number of nitrogens with zero attached hydrogens (tertiary/aromatic N) is 1. The minimum absolute atomic E-state index is 0.0467. The lowest BCUT2D eigenvalue weighted by molar-refractivity contribution is -0.113. The zero-order valence-electron chi connectivity index (χ0n) is 12.2. The molecular formula is C18H16N2OS. The van der Waals surface area contributed by atoms with Crippen LogP contribution in [0.25, 0.3) is 10.8 Å². The van der Waals surface area contributed by atoms with E-state index in [1.54, 1.807) is 6.20 Å². The fraction of sp³-hybridized carbons (Fsp3) is 0.111. The quantitative estimate of drug-likeness (QED) is 0.732. The lowest BCUT2D eigenvalue weighted by atomic mass is 10.1. The third-order valence-corrected chi connectivity index (χ3v) is 4.26. The number of hydrogen-bond donors (Lipinski definition) is 1. The van der Waals surface area contributed by atoms with Crippen molar-refractivity contribution in [2.75, 3.05) is 11.1 Å². The van der Waals surface area contributed by atoms with Crippen molar-refractivity contribution in [1.29, 1.82) is 0 Å². The molecule has 1 aromatic heterocycles. The van der Waals surface area contributed by atoms with Gasteiger partial charge in [-0.2, -0.15) is 0 Å². The van der Waals surface area contributed by atoms with Gasteiger partial charge in [-0.1, -0.05) is 36.4 Å². The molecule has 22 heavy (non-hydrogen) atoms. The van der Waals surface area contributed by atoms with E-state index in [2.05, 4.69) is 34.6 Å². The Balaban J connectivity index is 1.60. The molecule has 0 bridgehead atoms. The van der Waals surface area contributed by atoms with Crippen LogP contribution in [0.4, 0.5) is 5.82 Å². The number of carbonyl (C=O) groups is 1. The molecule has 1 amide bonds. The molecule has 0 saturated heterocycles. The lowest BCUT2D eigenvalue weighted by Gasteiger charge is -2.05. The molecule has 3 nitrogen and oxygen atoms in total. The topological polar surface area (TPSA) is 42.0 Å². The zero-order valence-corrected chi connectivity index (χ0v) is 13.1. The van der Waals surface area contributed by atoms with E-state index in [0.717, 1.165) is 10.5 Å². The fourth-order valence-corrected chi connectivity index (χ4v) is 2.87. The van der Waals surface area contributed by atoms with E-state index in [1.807, 2.05) is 37.3 Å². The van der Waals surface area contributed by atoms with Crippen LogP contribution in [0.15, 0.2) is 65.7 Å². The molecule has 0 atom stereocenters. The zero-order chi connectivity index (χ0) is 15.4. The molecule has 0 radical (unpaired) electrons. The second-order valence-corrected chi connectivity index (χ2v) is 6.12. The van der Waals surface area contributed by atoms with Crippen LogP contribution in [0.1, 0.15) is 5.56 Å². The summed E-state index contributed by atoms with van der Waals surface area (Å²) in [7, 11) is 0. The minimum Gasteiger partial charge on any atom is -0.310 e. The first-order valence-corrected chi connectivity index (χ1v) is 8.03. The Hall–Kier alpha value is -2.33. The first-order chi connectivity index (χ1) is 10.7. The first kappa shape index (κ1) is 14.6. The number of anilines is 1. The molecule has 4 heteroatoms. The molecule has 0 spiro atoms. The van der Waals surface area contributed by atoms with Crippen LogP contribution in [-0.2, 0) is 4.79 Å². The highest BCUT2D eigenvalue weighted by atomic mass is 32.2. The average molecular weight is 308 g/mol. The van der Waals surface area contributed by atoms with Crippen LogP contribution in [0, 0.1) is 6.92 Å². The first-order valence-electron chi connectivity index (χ1n) is 7.05. The van der Waals surface area contributed by atoms with E-state index in [-0.39, 0.29) is 5.91 Å². The maximum Gasteiger partial charge on any atom is 0.235 e. The van der Waals surface area contributed by atoms with Crippen molar-refractivity contribution in [3.8, 4) is 0 Å². The van der Waals surface area contributed by atoms with Gasteiger partial charge >= 0.3 is 0 Å². The molecule has 0 aliphatic heterocycles. The largest absolute Gasteiger partial charge is 0.310 e. The van der Waals surface area contributed by atoms with Gasteiger partial charge in [-0.05, 0) is 41.5 Å². The fourth-order valence-electron chi connectivity index (χ4n) is 2.13. The molecular weight excluding hydrogens is 292 g/mol. The van der Waals surface area contributed by atoms with Gasteiger partial charge in [-0.3, -0.25) is 4.79 Å². The number of benzene rings is 2. The highest BCUT2D eigenvalue weighted by molar-refractivity contribution is 8.00. The van der Waals surface area contributed by atoms with Crippen LogP contribution in [0.5, 0.6) is 0 Å². The second kappa shape index (κ2) is 6.62. The van der Waals surface area contributed by atoms with Gasteiger partial charge in [-0.25, -0.2) is 4.98 Å². The van der Waals surface area contributed by atoms with E-state index in [4.69, 9.17) is 0 Å². The van der Waals surface area contributed by atoms with E-state index >= 15 is 0 Å². The molecule has 0 aliphatic rings. The van der Waals surface area contributed by atoms with Crippen LogP contribution in [0.2, 0.25) is 0 Å². The van der Waals surface area contributed by atoms with Gasteiger partial charge in [0, 0.05) is 11.1 Å². The van der Waals surface area contributed by atoms with E-state index in [1.165, 1.54) is 22.5 Å². The van der Waals surface area contributed by atoms with Crippen molar-refractivity contribution >= 4 is 34.3 Å². The SMILES string of the molecule is Cc1ccc(NC(=O)CSc2ccc3ccccc3c2)nc1. The third-order valence-electron chi connectivity index (χ3n) is 3.27. The van der Waals surface area contributed by atoms with Crippen molar-refractivity contribution in [3.63, 3.8) is 0 Å². The summed E-state index contributed by atoms with van der Waals surface area (Å²) in [5, 5.41) is 5.20. The van der Waals surface area contributed by atoms with Crippen LogP contribution < -0.4 is 5.32 Å². The minimum atomic E-state index is -0.0467. The van der Waals surface area contributed by atoms with Crippen molar-refractivity contribution in [2.45, 2.75) is 11.8 Å². The molecule has 1 heterocycles. The number of amides is 1. The number of hydrogen-bond acceptors (Lipinski definition) is 3. The number of rotatable bonds is 4. The summed E-state index contributed by atoms with van der Waals surface area (Å²) in [5.74, 6) is 0.915. The number of thioether (sulfide) groups is 1. The van der Waals surface area contributed by atoms with Gasteiger partial charge < -0.3 is 5.32 Å². The normalized spacial score (nSPS) is 10.6. The van der Waals surface area contributed by atoms with Gasteiger partial charge in [0.25, 0.3) is 0 Å². The number of aryl methyl sites for hydroxylation is 1. The summed E-state index contributed by atoms with van der Waals surface area (Å²) in [5.41, 5.74) is 1.07. The Kier molecular flexibility index (Phi) is 4.39. The summed E-state index contributed by atoms with van der Waals surface area (Å²) in [6.07, 6.45) is 1.74. The molecule has 110 valence electrons. The summed E-state index contributed by atoms with van der Waals surface area (Å²) in [6, 6.07) is 18.2. The Morgan fingerprint density at radius 3 is 2.68 bits per heavy atom. The number of fused-ring (bicyclic) bond motifs is 1. The predicted molar refractivity (Wildman–Crippen MR) is 92.3 cm³/mol. The standard InChI is InChI=1S/C18H16N2OS/c1-13-6-9-17(19-11-13)20-18(21)12-22-16-8-7-14-4-2-3-5-15(14)10-16/h2-11H,12H2,1H3,(H,19,20,21). The Morgan fingerprint density at radius 2 is 1.91 bits per heavy atom. The molecule has 0 fully saturated rings. The number of carbonyl (C=O) groups excluding carboxylic acids is 1. The molecule has 3 aromatic rings. The number of pyridine rings is 1. The van der Waals surface area contributed by atoms with Gasteiger partial charge in [-0.15, -0.1) is 11.8 Å². The van der Waals surface area contributed by atoms with Crippen molar-refractivity contribution in [1.82, 2.24) is 4.98 Å². The Bertz CT molecular complexity index is 800. The van der Waals surface area contributed by atoms with Gasteiger partial charge in [0.2, 0.25) is 5.91 Å². The predicted octanol–water partition coefficient (Wildman–Crippen LogP) is 4.27. The summed E-state index contributed by atoms with van der Waals surface area (Å²) >= 11 is 1.53. The Morgan fingerprint density at radius 1 is 1.09 bits per heavy atom. The van der Waals surface area contributed by atoms with Crippen LogP contribution in [-0.4, -0.2) is 16.6 Å². The monoisotopic (exact) mass is 308 g/mol. The maximum atomic E-state index is 12.0. The summed E-state index contributed by atoms with van der Waals surface area (Å²) in [4.78, 5) is 17.2. The second-order valence-electron chi connectivity index (χ2n) is 5.07. The highest BCUT2D eigenvalue weighted by Crippen LogP contribution is 2.23. The number of aromatic nitrogens is 1. The molecule has 1 N–H and O–H groups in total.